The van der Waals surface area contributed by atoms with Crippen LogP contribution in [0.25, 0.3) is 0 Å². The average molecular weight is 266 g/mol. The molecule has 14 heavy (non-hydrogen) atoms. The molecule has 1 aliphatic rings. The van der Waals surface area contributed by atoms with E-state index in [1.54, 1.807) is 0 Å². The molecule has 1 aromatic rings. The molecule has 1 radical (unpaired) electrons. The van der Waals surface area contributed by atoms with Gasteiger partial charge in [0.2, 0.25) is 0 Å². The average Bonchev–Trinajstić information content (AvgIpc) is 2.17. The van der Waals surface area contributed by atoms with E-state index in [4.69, 9.17) is 10.1 Å². The van der Waals surface area contributed by atoms with Crippen LogP contribution in [-0.4, -0.2) is 19.4 Å². The molecule has 2 N–H and O–H groups in total. The number of rotatable bonds is 1. The van der Waals surface area contributed by atoms with Gasteiger partial charge in [-0.15, -0.1) is 0 Å². The van der Waals surface area contributed by atoms with Gasteiger partial charge in [-0.05, 0) is 6.07 Å². The van der Waals surface area contributed by atoms with Gasteiger partial charge in [-0.25, -0.2) is 0 Å². The van der Waals surface area contributed by atoms with E-state index >= 15 is 0 Å². The number of ether oxygens (including phenoxy) is 1. The molecule has 3 nitrogen and oxygen atoms in total. The van der Waals surface area contributed by atoms with Crippen LogP contribution in [0.5, 0.6) is 5.75 Å². The Morgan fingerprint density at radius 1 is 1.43 bits per heavy atom. The minimum absolute atomic E-state index is 0. The molecule has 0 bridgehead atoms. The van der Waals surface area contributed by atoms with Gasteiger partial charge in [-0.2, -0.15) is 0 Å². The molecule has 0 aliphatic carbocycles. The van der Waals surface area contributed by atoms with Crippen LogP contribution in [0.3, 0.4) is 0 Å². The van der Waals surface area contributed by atoms with Crippen molar-refractivity contribution >= 4 is 11.9 Å². The molecule has 73 valence electrons. The maximum absolute atomic E-state index is 7.16. The number of anilines is 1. The van der Waals surface area contributed by atoms with Crippen molar-refractivity contribution in [2.45, 2.75) is 0 Å². The number of fused-ring (bicyclic) bond motifs is 1. The first-order valence-electron chi connectivity index (χ1n) is 3.92. The molecule has 2 rings (SSSR count). The van der Waals surface area contributed by atoms with E-state index in [1.807, 2.05) is 18.2 Å². The Kier molecular flexibility index (Phi) is 5.97. The first kappa shape index (κ1) is 13.6. The second-order valence-corrected chi connectivity index (χ2v) is 2.64. The molecule has 0 amide bonds. The maximum atomic E-state index is 7.16. The van der Waals surface area contributed by atoms with Gasteiger partial charge in [0.25, 0.3) is 0 Å². The largest absolute Gasteiger partial charge is 0.490 e. The molecule has 1 aromatic carbocycles. The fourth-order valence-electron chi connectivity index (χ4n) is 1.31. The van der Waals surface area contributed by atoms with Gasteiger partial charge >= 0.3 is 0 Å². The minimum Gasteiger partial charge on any atom is -0.490 e. The summed E-state index contributed by atoms with van der Waals surface area (Å²) in [6.45, 7) is 1.52. The van der Waals surface area contributed by atoms with Crippen molar-refractivity contribution in [3.63, 3.8) is 0 Å². The fourth-order valence-corrected chi connectivity index (χ4v) is 1.31. The van der Waals surface area contributed by atoms with Crippen LogP contribution in [-0.2, 0) is 32.7 Å². The SMILES string of the molecule is N=Cc1cccc2c1NCCO2.[CH3-].[Y]. The summed E-state index contributed by atoms with van der Waals surface area (Å²) in [4.78, 5) is 0. The van der Waals surface area contributed by atoms with E-state index in [2.05, 4.69) is 5.32 Å². The molecule has 1 heterocycles. The third-order valence-corrected chi connectivity index (χ3v) is 1.88. The van der Waals surface area contributed by atoms with E-state index in [1.165, 1.54) is 6.21 Å². The van der Waals surface area contributed by atoms with Gasteiger partial charge < -0.3 is 22.9 Å². The van der Waals surface area contributed by atoms with Crippen LogP contribution in [0, 0.1) is 12.8 Å². The fraction of sp³-hybridized carbons (Fsp3) is 0.200. The topological polar surface area (TPSA) is 45.1 Å². The van der Waals surface area contributed by atoms with Crippen LogP contribution in [0.2, 0.25) is 0 Å². The molecular weight excluding hydrogens is 253 g/mol. The molecule has 0 spiro atoms. The smallest absolute Gasteiger partial charge is 0.143 e. The van der Waals surface area contributed by atoms with Crippen molar-refractivity contribution < 1.29 is 37.4 Å². The molecule has 1 aliphatic heterocycles. The third-order valence-electron chi connectivity index (χ3n) is 1.88. The van der Waals surface area contributed by atoms with Crippen LogP contribution in [0.15, 0.2) is 18.2 Å². The van der Waals surface area contributed by atoms with Crippen molar-refractivity contribution in [2.75, 3.05) is 18.5 Å². The Morgan fingerprint density at radius 3 is 2.93 bits per heavy atom. The quantitative estimate of drug-likeness (QED) is 0.602. The van der Waals surface area contributed by atoms with E-state index < -0.39 is 0 Å². The van der Waals surface area contributed by atoms with Gasteiger partial charge in [0.15, 0.2) is 0 Å². The number of hydrogen-bond donors (Lipinski definition) is 2. The Morgan fingerprint density at radius 2 is 2.21 bits per heavy atom. The summed E-state index contributed by atoms with van der Waals surface area (Å²) in [5.41, 5.74) is 1.82. The second kappa shape index (κ2) is 6.15. The van der Waals surface area contributed by atoms with Gasteiger partial charge in [0, 0.05) is 51.0 Å². The third kappa shape index (κ3) is 2.55. The minimum atomic E-state index is 0. The van der Waals surface area contributed by atoms with E-state index in [-0.39, 0.29) is 40.1 Å². The van der Waals surface area contributed by atoms with Crippen LogP contribution in [0.1, 0.15) is 5.56 Å². The van der Waals surface area contributed by atoms with Crippen LogP contribution >= 0.6 is 0 Å². The first-order chi connectivity index (χ1) is 5.92. The summed E-state index contributed by atoms with van der Waals surface area (Å²) in [7, 11) is 0. The van der Waals surface area contributed by atoms with Crippen LogP contribution < -0.4 is 10.1 Å². The molecule has 0 saturated heterocycles. The van der Waals surface area contributed by atoms with Gasteiger partial charge in [0.1, 0.15) is 12.4 Å². The Bertz CT molecular complexity index is 315. The summed E-state index contributed by atoms with van der Waals surface area (Å²) in [6.07, 6.45) is 1.33. The summed E-state index contributed by atoms with van der Waals surface area (Å²) in [5.74, 6) is 0.849. The molecule has 0 fully saturated rings. The molecule has 0 unspecified atom stereocenters. The zero-order chi connectivity index (χ0) is 8.39. The van der Waals surface area contributed by atoms with E-state index in [0.717, 1.165) is 23.5 Å². The predicted octanol–water partition coefficient (Wildman–Crippen LogP) is 1.94. The Labute approximate surface area is 110 Å². The van der Waals surface area contributed by atoms with Crippen LogP contribution in [0.4, 0.5) is 5.69 Å². The normalized spacial score (nSPS) is 12.0. The van der Waals surface area contributed by atoms with Gasteiger partial charge in [-0.3, -0.25) is 0 Å². The number of benzene rings is 1. The van der Waals surface area contributed by atoms with Gasteiger partial charge in [0.05, 0.1) is 5.69 Å². The van der Waals surface area contributed by atoms with Gasteiger partial charge in [-0.1, -0.05) is 12.1 Å². The number of hydrogen-bond acceptors (Lipinski definition) is 3. The van der Waals surface area contributed by atoms with Crippen molar-refractivity contribution in [2.24, 2.45) is 0 Å². The molecular formula is C10H13N2OY-. The summed E-state index contributed by atoms with van der Waals surface area (Å²) >= 11 is 0. The molecule has 0 saturated carbocycles. The second-order valence-electron chi connectivity index (χ2n) is 2.64. The van der Waals surface area contributed by atoms with Crippen molar-refractivity contribution in [1.82, 2.24) is 0 Å². The zero-order valence-electron chi connectivity index (χ0n) is 8.21. The zero-order valence-corrected chi connectivity index (χ0v) is 11.0. The van der Waals surface area contributed by atoms with E-state index in [0.29, 0.717) is 6.61 Å². The standard InChI is InChI=1S/C9H10N2O.CH3.Y/c10-6-7-2-1-3-8-9(7)11-4-5-12-8;;/h1-3,6,10-11H,4-5H2;1H3;/q;-1;. The monoisotopic (exact) mass is 266 g/mol. The first-order valence-corrected chi connectivity index (χ1v) is 3.92. The summed E-state index contributed by atoms with van der Waals surface area (Å²) < 4.78 is 5.40. The Hall–Kier alpha value is -0.406. The maximum Gasteiger partial charge on any atom is 0.143 e. The van der Waals surface area contributed by atoms with Crippen molar-refractivity contribution in [1.29, 1.82) is 5.41 Å². The molecule has 4 heteroatoms. The van der Waals surface area contributed by atoms with Crippen molar-refractivity contribution in [3.05, 3.63) is 31.2 Å². The predicted molar refractivity (Wildman–Crippen MR) is 54.7 cm³/mol. The molecule has 0 aromatic heterocycles. The summed E-state index contributed by atoms with van der Waals surface area (Å²) in [6, 6.07) is 5.70. The Balaban J connectivity index is 0.000000845. The molecule has 0 atom stereocenters. The van der Waals surface area contributed by atoms with E-state index in [9.17, 15) is 0 Å². The number of para-hydroxylation sites is 1. The number of nitrogens with one attached hydrogen (secondary N) is 2. The summed E-state index contributed by atoms with van der Waals surface area (Å²) in [5, 5.41) is 10.4. The van der Waals surface area contributed by atoms with Crippen molar-refractivity contribution in [3.8, 4) is 5.75 Å².